The van der Waals surface area contributed by atoms with Gasteiger partial charge in [0.2, 0.25) is 0 Å². The molecule has 8 nitrogen and oxygen atoms in total. The van der Waals surface area contributed by atoms with Crippen molar-refractivity contribution < 1.29 is 14.3 Å². The molecule has 98 valence electrons. The smallest absolute Gasteiger partial charge is 0.338 e. The quantitative estimate of drug-likeness (QED) is 0.755. The Labute approximate surface area is 108 Å². The van der Waals surface area contributed by atoms with E-state index in [1.807, 2.05) is 0 Å². The second kappa shape index (κ2) is 5.25. The second-order valence-electron chi connectivity index (χ2n) is 3.75. The van der Waals surface area contributed by atoms with Gasteiger partial charge in [0.1, 0.15) is 6.33 Å². The van der Waals surface area contributed by atoms with Crippen molar-refractivity contribution >= 4 is 11.9 Å². The molecule has 2 aromatic rings. The molecule has 2 rings (SSSR count). The number of primary amides is 1. The first-order chi connectivity index (χ1) is 9.08. The Morgan fingerprint density at radius 3 is 2.84 bits per heavy atom. The topological polar surface area (TPSA) is 113 Å². The Bertz CT molecular complexity index is 596. The lowest BCUT2D eigenvalue weighted by Gasteiger charge is -2.10. The number of carbonyl (C=O) groups excluding carboxylic acids is 2. The van der Waals surface area contributed by atoms with Gasteiger partial charge in [-0.3, -0.25) is 4.79 Å². The molecule has 0 saturated carbocycles. The summed E-state index contributed by atoms with van der Waals surface area (Å²) in [7, 11) is 0. The normalized spacial score (nSPS) is 11.8. The lowest BCUT2D eigenvalue weighted by molar-refractivity contribution is -0.125. The number of tetrazole rings is 1. The molecular formula is C11H11N5O3. The van der Waals surface area contributed by atoms with E-state index in [0.717, 1.165) is 0 Å². The van der Waals surface area contributed by atoms with Gasteiger partial charge in [-0.2, -0.15) is 0 Å². The molecule has 1 atom stereocenters. The average molecular weight is 261 g/mol. The summed E-state index contributed by atoms with van der Waals surface area (Å²) in [4.78, 5) is 22.6. The van der Waals surface area contributed by atoms with Crippen LogP contribution in [0.3, 0.4) is 0 Å². The van der Waals surface area contributed by atoms with Crippen molar-refractivity contribution in [3.05, 3.63) is 36.2 Å². The lowest BCUT2D eigenvalue weighted by atomic mass is 10.2. The van der Waals surface area contributed by atoms with Crippen molar-refractivity contribution in [1.29, 1.82) is 0 Å². The minimum Gasteiger partial charge on any atom is -0.449 e. The number of hydrogen-bond acceptors (Lipinski definition) is 6. The van der Waals surface area contributed by atoms with E-state index in [1.165, 1.54) is 17.9 Å². The maximum absolute atomic E-state index is 11.8. The van der Waals surface area contributed by atoms with Crippen LogP contribution in [0.25, 0.3) is 5.69 Å². The first-order valence-corrected chi connectivity index (χ1v) is 5.41. The van der Waals surface area contributed by atoms with E-state index < -0.39 is 18.0 Å². The highest BCUT2D eigenvalue weighted by molar-refractivity contribution is 5.92. The van der Waals surface area contributed by atoms with Crippen molar-refractivity contribution in [3.63, 3.8) is 0 Å². The molecule has 0 aliphatic heterocycles. The van der Waals surface area contributed by atoms with Crippen LogP contribution in [0.1, 0.15) is 17.3 Å². The fourth-order valence-corrected chi connectivity index (χ4v) is 1.34. The molecule has 8 heteroatoms. The molecule has 0 bridgehead atoms. The Balaban J connectivity index is 2.19. The number of nitrogens with two attached hydrogens (primary N) is 1. The molecule has 1 heterocycles. The molecule has 1 aromatic carbocycles. The maximum Gasteiger partial charge on any atom is 0.338 e. The van der Waals surface area contributed by atoms with E-state index in [9.17, 15) is 9.59 Å². The number of nitrogens with zero attached hydrogens (tertiary/aromatic N) is 4. The zero-order chi connectivity index (χ0) is 13.8. The van der Waals surface area contributed by atoms with Crippen LogP contribution < -0.4 is 5.73 Å². The SMILES string of the molecule is C[C@H](OC(=O)c1cccc(-n2cnnn2)c1)C(N)=O. The van der Waals surface area contributed by atoms with Crippen LogP contribution in [-0.4, -0.2) is 38.2 Å². The highest BCUT2D eigenvalue weighted by Gasteiger charge is 2.16. The Morgan fingerprint density at radius 1 is 1.42 bits per heavy atom. The third-order valence-corrected chi connectivity index (χ3v) is 2.38. The van der Waals surface area contributed by atoms with Crippen LogP contribution in [0.4, 0.5) is 0 Å². The molecule has 1 amide bonds. The number of amides is 1. The molecular weight excluding hydrogens is 250 g/mol. The minimum absolute atomic E-state index is 0.279. The van der Waals surface area contributed by atoms with Crippen molar-refractivity contribution in [2.75, 3.05) is 0 Å². The Morgan fingerprint density at radius 2 is 2.21 bits per heavy atom. The van der Waals surface area contributed by atoms with Crippen LogP contribution in [0, 0.1) is 0 Å². The summed E-state index contributed by atoms with van der Waals surface area (Å²) in [5.41, 5.74) is 5.90. The van der Waals surface area contributed by atoms with E-state index in [-0.39, 0.29) is 5.56 Å². The fraction of sp³-hybridized carbons (Fsp3) is 0.182. The van der Waals surface area contributed by atoms with Crippen LogP contribution in [0.5, 0.6) is 0 Å². The first kappa shape index (κ1) is 12.7. The number of aromatic nitrogens is 4. The number of hydrogen-bond donors (Lipinski definition) is 1. The summed E-state index contributed by atoms with van der Waals surface area (Å²) in [5, 5.41) is 10.7. The predicted octanol–water partition coefficient (Wildman–Crippen LogP) is -0.307. The van der Waals surface area contributed by atoms with Gasteiger partial charge in [-0.05, 0) is 35.5 Å². The zero-order valence-electron chi connectivity index (χ0n) is 10.1. The van der Waals surface area contributed by atoms with Gasteiger partial charge in [0.05, 0.1) is 11.3 Å². The van der Waals surface area contributed by atoms with Crippen molar-refractivity contribution in [2.24, 2.45) is 5.73 Å². The Hall–Kier alpha value is -2.77. The fourth-order valence-electron chi connectivity index (χ4n) is 1.34. The average Bonchev–Trinajstić information content (AvgIpc) is 2.92. The number of carbonyl (C=O) groups is 2. The molecule has 0 saturated heterocycles. The van der Waals surface area contributed by atoms with Gasteiger partial charge >= 0.3 is 5.97 Å². The summed E-state index contributed by atoms with van der Waals surface area (Å²) < 4.78 is 6.29. The van der Waals surface area contributed by atoms with Gasteiger partial charge in [-0.1, -0.05) is 6.07 Å². The highest BCUT2D eigenvalue weighted by Crippen LogP contribution is 2.10. The van der Waals surface area contributed by atoms with E-state index in [2.05, 4.69) is 15.5 Å². The lowest BCUT2D eigenvalue weighted by Crippen LogP contribution is -2.30. The van der Waals surface area contributed by atoms with Crippen molar-refractivity contribution in [3.8, 4) is 5.69 Å². The number of ether oxygens (including phenoxy) is 1. The second-order valence-corrected chi connectivity index (χ2v) is 3.75. The van der Waals surface area contributed by atoms with E-state index >= 15 is 0 Å². The number of benzene rings is 1. The number of rotatable bonds is 4. The summed E-state index contributed by atoms with van der Waals surface area (Å²) in [6.07, 6.45) is 0.417. The molecule has 19 heavy (non-hydrogen) atoms. The first-order valence-electron chi connectivity index (χ1n) is 5.41. The van der Waals surface area contributed by atoms with Gasteiger partial charge in [0.15, 0.2) is 6.10 Å². The maximum atomic E-state index is 11.8. The third kappa shape index (κ3) is 2.92. The molecule has 0 aliphatic rings. The van der Waals surface area contributed by atoms with Gasteiger partial charge in [-0.15, -0.1) is 5.10 Å². The molecule has 1 aromatic heterocycles. The van der Waals surface area contributed by atoms with E-state index in [0.29, 0.717) is 5.69 Å². The molecule has 0 radical (unpaired) electrons. The van der Waals surface area contributed by atoms with E-state index in [4.69, 9.17) is 10.5 Å². The van der Waals surface area contributed by atoms with E-state index in [1.54, 1.807) is 24.3 Å². The minimum atomic E-state index is -0.982. The van der Waals surface area contributed by atoms with Gasteiger partial charge in [0.25, 0.3) is 5.91 Å². The van der Waals surface area contributed by atoms with Crippen LogP contribution in [0.15, 0.2) is 30.6 Å². The van der Waals surface area contributed by atoms with Crippen LogP contribution >= 0.6 is 0 Å². The van der Waals surface area contributed by atoms with Crippen molar-refractivity contribution in [2.45, 2.75) is 13.0 Å². The summed E-state index contributed by atoms with van der Waals surface area (Å²) in [5.74, 6) is -1.34. The highest BCUT2D eigenvalue weighted by atomic mass is 16.5. The van der Waals surface area contributed by atoms with Gasteiger partial charge in [-0.25, -0.2) is 9.48 Å². The molecule has 0 aliphatic carbocycles. The molecule has 0 fully saturated rings. The van der Waals surface area contributed by atoms with Crippen molar-refractivity contribution in [1.82, 2.24) is 20.2 Å². The molecule has 2 N–H and O–H groups in total. The Kier molecular flexibility index (Phi) is 3.51. The number of esters is 1. The van der Waals surface area contributed by atoms with Gasteiger partial charge < -0.3 is 10.5 Å². The standard InChI is InChI=1S/C11H11N5O3/c1-7(10(12)17)19-11(18)8-3-2-4-9(5-8)16-6-13-14-15-16/h2-7H,1H3,(H2,12,17)/t7-/m0/s1. The largest absolute Gasteiger partial charge is 0.449 e. The summed E-state index contributed by atoms with van der Waals surface area (Å²) >= 11 is 0. The monoisotopic (exact) mass is 261 g/mol. The summed E-state index contributed by atoms with van der Waals surface area (Å²) in [6.45, 7) is 1.41. The predicted molar refractivity (Wildman–Crippen MR) is 63.2 cm³/mol. The molecule has 0 spiro atoms. The zero-order valence-corrected chi connectivity index (χ0v) is 10.1. The molecule has 0 unspecified atom stereocenters. The third-order valence-electron chi connectivity index (χ3n) is 2.38. The van der Waals surface area contributed by atoms with Crippen LogP contribution in [-0.2, 0) is 9.53 Å². The summed E-state index contributed by atoms with van der Waals surface area (Å²) in [6, 6.07) is 6.49. The van der Waals surface area contributed by atoms with Crippen LogP contribution in [0.2, 0.25) is 0 Å². The van der Waals surface area contributed by atoms with Gasteiger partial charge in [0, 0.05) is 0 Å².